The van der Waals surface area contributed by atoms with Crippen molar-refractivity contribution in [2.75, 3.05) is 4.90 Å². The van der Waals surface area contributed by atoms with Gasteiger partial charge in [0, 0.05) is 15.3 Å². The first-order valence-corrected chi connectivity index (χ1v) is 10.7. The van der Waals surface area contributed by atoms with Crippen molar-refractivity contribution in [1.82, 2.24) is 4.98 Å². The van der Waals surface area contributed by atoms with Gasteiger partial charge >= 0.3 is 0 Å². The molecule has 144 valence electrons. The topological polar surface area (TPSA) is 70.5 Å². The van der Waals surface area contributed by atoms with Gasteiger partial charge in [0.15, 0.2) is 16.7 Å². The summed E-state index contributed by atoms with van der Waals surface area (Å²) in [7, 11) is 0. The van der Waals surface area contributed by atoms with E-state index in [1.165, 1.54) is 27.6 Å². The van der Waals surface area contributed by atoms with Crippen LogP contribution in [0.1, 0.15) is 31.7 Å². The zero-order valence-corrected chi connectivity index (χ0v) is 17.8. The summed E-state index contributed by atoms with van der Waals surface area (Å²) in [4.78, 5) is 32.9. The fraction of sp³-hybridized carbons (Fsp3) is 0.250. The Kier molecular flexibility index (Phi) is 4.56. The highest BCUT2D eigenvalue weighted by Crippen LogP contribution is 2.46. The van der Waals surface area contributed by atoms with Crippen molar-refractivity contribution in [2.45, 2.75) is 26.8 Å². The molecule has 3 heterocycles. The highest BCUT2D eigenvalue weighted by Gasteiger charge is 2.48. The van der Waals surface area contributed by atoms with E-state index in [1.807, 2.05) is 17.5 Å². The quantitative estimate of drug-likeness (QED) is 0.591. The number of amides is 1. The number of rotatable bonds is 3. The number of aliphatic hydroxyl groups is 1. The molecule has 0 radical (unpaired) electrons. The van der Waals surface area contributed by atoms with Crippen LogP contribution in [0, 0.1) is 5.41 Å². The predicted molar refractivity (Wildman–Crippen MR) is 113 cm³/mol. The summed E-state index contributed by atoms with van der Waals surface area (Å²) in [5.41, 5.74) is 0.0883. The Morgan fingerprint density at radius 2 is 2.04 bits per heavy atom. The Balaban J connectivity index is 1.89. The van der Waals surface area contributed by atoms with E-state index in [0.717, 1.165) is 9.58 Å². The summed E-state index contributed by atoms with van der Waals surface area (Å²) in [6.07, 6.45) is 0. The molecule has 1 aliphatic heterocycles. The van der Waals surface area contributed by atoms with Gasteiger partial charge in [-0.2, -0.15) is 0 Å². The van der Waals surface area contributed by atoms with Crippen LogP contribution in [0.4, 0.5) is 5.13 Å². The minimum absolute atomic E-state index is 0.122. The zero-order valence-electron chi connectivity index (χ0n) is 15.4. The van der Waals surface area contributed by atoms with E-state index in [2.05, 4.69) is 4.98 Å². The third-order valence-electron chi connectivity index (χ3n) is 4.49. The van der Waals surface area contributed by atoms with Gasteiger partial charge in [0.1, 0.15) is 6.04 Å². The number of thiazole rings is 1. The first-order valence-electron chi connectivity index (χ1n) is 8.59. The van der Waals surface area contributed by atoms with E-state index in [1.54, 1.807) is 39.0 Å². The van der Waals surface area contributed by atoms with Crippen LogP contribution in [0.15, 0.2) is 47.0 Å². The number of Topliss-reactive ketones (excluding diaryl/α,β-unsaturated/α-hetero) is 1. The molecule has 0 aliphatic carbocycles. The minimum Gasteiger partial charge on any atom is -0.503 e. The van der Waals surface area contributed by atoms with E-state index in [-0.39, 0.29) is 11.4 Å². The summed E-state index contributed by atoms with van der Waals surface area (Å²) < 4.78 is 0.829. The molecule has 3 aromatic rings. The maximum atomic E-state index is 13.1. The molecule has 1 amide bonds. The molecule has 1 aromatic carbocycles. The number of aliphatic hydroxyl groups excluding tert-OH is 1. The minimum atomic E-state index is -0.740. The van der Waals surface area contributed by atoms with Crippen LogP contribution in [0.2, 0.25) is 5.02 Å². The van der Waals surface area contributed by atoms with E-state index >= 15 is 0 Å². The number of hydrogen-bond acceptors (Lipinski definition) is 6. The van der Waals surface area contributed by atoms with Gasteiger partial charge in [-0.05, 0) is 29.6 Å². The summed E-state index contributed by atoms with van der Waals surface area (Å²) in [5.74, 6) is -1.38. The molecule has 1 atom stereocenters. The molecular weight excluding hydrogens is 416 g/mol. The number of hydrogen-bond donors (Lipinski definition) is 1. The normalized spacial score (nSPS) is 17.8. The maximum Gasteiger partial charge on any atom is 0.296 e. The second-order valence-corrected chi connectivity index (χ2v) is 9.97. The number of ketones is 1. The third kappa shape index (κ3) is 3.03. The molecule has 1 aliphatic rings. The molecule has 0 saturated heterocycles. The Morgan fingerprint density at radius 3 is 2.68 bits per heavy atom. The summed E-state index contributed by atoms with van der Waals surface area (Å²) in [6, 6.07) is 8.32. The molecule has 0 bridgehead atoms. The second kappa shape index (κ2) is 6.69. The number of fused-ring (bicyclic) bond motifs is 1. The molecule has 1 N–H and O–H groups in total. The number of halogens is 1. The summed E-state index contributed by atoms with van der Waals surface area (Å²) in [5, 5.41) is 13.5. The van der Waals surface area contributed by atoms with E-state index in [0.29, 0.717) is 15.7 Å². The van der Waals surface area contributed by atoms with Crippen LogP contribution in [-0.4, -0.2) is 21.8 Å². The molecule has 0 fully saturated rings. The maximum absolute atomic E-state index is 13.1. The average molecular weight is 433 g/mol. The lowest BCUT2D eigenvalue weighted by atomic mass is 9.83. The van der Waals surface area contributed by atoms with Crippen molar-refractivity contribution >= 4 is 61.3 Å². The number of nitrogens with zero attached hydrogens (tertiary/aromatic N) is 2. The van der Waals surface area contributed by atoms with E-state index < -0.39 is 23.1 Å². The van der Waals surface area contributed by atoms with Gasteiger partial charge in [0.25, 0.3) is 5.91 Å². The van der Waals surface area contributed by atoms with Gasteiger partial charge in [-0.1, -0.05) is 49.8 Å². The fourth-order valence-electron chi connectivity index (χ4n) is 3.14. The summed E-state index contributed by atoms with van der Waals surface area (Å²) in [6.45, 7) is 5.32. The highest BCUT2D eigenvalue weighted by molar-refractivity contribution is 7.22. The van der Waals surface area contributed by atoms with Gasteiger partial charge in [-0.15, -0.1) is 11.3 Å². The van der Waals surface area contributed by atoms with E-state index in [9.17, 15) is 14.7 Å². The molecular formula is C20H17ClN2O3S2. The van der Waals surface area contributed by atoms with Crippen molar-refractivity contribution in [3.8, 4) is 0 Å². The van der Waals surface area contributed by atoms with Crippen LogP contribution < -0.4 is 4.90 Å². The molecule has 2 aromatic heterocycles. The first-order chi connectivity index (χ1) is 13.2. The third-order valence-corrected chi connectivity index (χ3v) is 6.67. The second-order valence-electron chi connectivity index (χ2n) is 7.54. The lowest BCUT2D eigenvalue weighted by Crippen LogP contribution is -2.32. The molecule has 5 nitrogen and oxygen atoms in total. The van der Waals surface area contributed by atoms with E-state index in [4.69, 9.17) is 11.6 Å². The predicted octanol–water partition coefficient (Wildman–Crippen LogP) is 5.53. The molecule has 0 saturated carbocycles. The Morgan fingerprint density at radius 1 is 1.29 bits per heavy atom. The van der Waals surface area contributed by atoms with Crippen molar-refractivity contribution < 1.29 is 14.7 Å². The Bertz CT molecular complexity index is 1130. The van der Waals surface area contributed by atoms with Gasteiger partial charge in [0.2, 0.25) is 0 Å². The number of benzene rings is 1. The number of anilines is 1. The zero-order chi connectivity index (χ0) is 20.2. The highest BCUT2D eigenvalue weighted by atomic mass is 35.5. The van der Waals surface area contributed by atoms with Crippen molar-refractivity contribution in [3.05, 3.63) is 56.9 Å². The number of aromatic nitrogens is 1. The largest absolute Gasteiger partial charge is 0.503 e. The van der Waals surface area contributed by atoms with Crippen molar-refractivity contribution in [1.29, 1.82) is 0 Å². The fourth-order valence-corrected chi connectivity index (χ4v) is 5.24. The van der Waals surface area contributed by atoms with Gasteiger partial charge in [-0.3, -0.25) is 14.5 Å². The number of thiophene rings is 1. The molecule has 4 rings (SSSR count). The monoisotopic (exact) mass is 432 g/mol. The van der Waals surface area contributed by atoms with Crippen LogP contribution >= 0.6 is 34.3 Å². The van der Waals surface area contributed by atoms with Crippen LogP contribution in [0.5, 0.6) is 0 Å². The smallest absolute Gasteiger partial charge is 0.296 e. The SMILES string of the molecule is CC(C)(C)C(=O)C1=C(O)C(=O)N(c2nc3ccc(Cl)cc3s2)C1c1cccs1. The van der Waals surface area contributed by atoms with Crippen LogP contribution in [-0.2, 0) is 9.59 Å². The van der Waals surface area contributed by atoms with Crippen LogP contribution in [0.3, 0.4) is 0 Å². The van der Waals surface area contributed by atoms with Crippen LogP contribution in [0.25, 0.3) is 10.2 Å². The van der Waals surface area contributed by atoms with Gasteiger partial charge < -0.3 is 5.11 Å². The molecule has 0 spiro atoms. The number of carbonyl (C=O) groups is 2. The Hall–Kier alpha value is -2.22. The number of carbonyl (C=O) groups excluding carboxylic acids is 2. The lowest BCUT2D eigenvalue weighted by molar-refractivity contribution is -0.123. The van der Waals surface area contributed by atoms with Crippen molar-refractivity contribution in [2.24, 2.45) is 5.41 Å². The average Bonchev–Trinajstić information content (AvgIpc) is 3.32. The molecule has 8 heteroatoms. The summed E-state index contributed by atoms with van der Waals surface area (Å²) >= 11 is 8.80. The lowest BCUT2D eigenvalue weighted by Gasteiger charge is -2.26. The molecule has 28 heavy (non-hydrogen) atoms. The van der Waals surface area contributed by atoms with Gasteiger partial charge in [-0.25, -0.2) is 4.98 Å². The van der Waals surface area contributed by atoms with Gasteiger partial charge in [0.05, 0.1) is 15.8 Å². The van der Waals surface area contributed by atoms with Crippen molar-refractivity contribution in [3.63, 3.8) is 0 Å². The molecule has 1 unspecified atom stereocenters. The first kappa shape index (κ1) is 19.1. The Labute approximate surface area is 174 Å². The standard InChI is InChI=1S/C20H17ClN2O3S2/c1-20(2,3)17(25)14-15(12-5-4-8-27-12)23(18(26)16(14)24)19-22-11-7-6-10(21)9-13(11)28-19/h4-9,15,24H,1-3H3.